The highest BCUT2D eigenvalue weighted by Gasteiger charge is 2.19. The average molecular weight is 339 g/mol. The van der Waals surface area contributed by atoms with Gasteiger partial charge in [0, 0.05) is 12.1 Å². The molecule has 0 heterocycles. The van der Waals surface area contributed by atoms with E-state index in [1.54, 1.807) is 6.07 Å². The Morgan fingerprint density at radius 1 is 1.35 bits per heavy atom. The Hall–Kier alpha value is -2.67. The van der Waals surface area contributed by atoms with Crippen LogP contribution in [0.4, 0.5) is 15.8 Å². The van der Waals surface area contributed by atoms with Gasteiger partial charge < -0.3 is 10.1 Å². The molecule has 0 fully saturated rings. The summed E-state index contributed by atoms with van der Waals surface area (Å²) in [6.07, 6.45) is -0.978. The Balaban J connectivity index is 2.07. The van der Waals surface area contributed by atoms with Gasteiger partial charge in [0.15, 0.2) is 6.10 Å². The van der Waals surface area contributed by atoms with Gasteiger partial charge in [-0.05, 0) is 25.1 Å². The van der Waals surface area contributed by atoms with Crippen molar-refractivity contribution in [2.45, 2.75) is 13.0 Å². The van der Waals surface area contributed by atoms with E-state index in [0.717, 1.165) is 6.07 Å². The Morgan fingerprint density at radius 3 is 2.65 bits per heavy atom. The molecule has 2 rings (SSSR count). The number of halogens is 2. The fraction of sp³-hybridized carbons (Fsp3) is 0.133. The van der Waals surface area contributed by atoms with Crippen LogP contribution in [0.2, 0.25) is 5.02 Å². The van der Waals surface area contributed by atoms with Gasteiger partial charge in [-0.25, -0.2) is 4.39 Å². The lowest BCUT2D eigenvalue weighted by molar-refractivity contribution is -0.384. The quantitative estimate of drug-likeness (QED) is 0.664. The number of para-hydroxylation sites is 1. The van der Waals surface area contributed by atoms with E-state index in [9.17, 15) is 19.3 Å². The second-order valence-corrected chi connectivity index (χ2v) is 5.01. The van der Waals surface area contributed by atoms with Crippen LogP contribution in [-0.4, -0.2) is 16.9 Å². The summed E-state index contributed by atoms with van der Waals surface area (Å²) in [5.74, 6) is -1.03. The molecular formula is C15H12ClFN2O4. The second kappa shape index (κ2) is 7.06. The van der Waals surface area contributed by atoms with E-state index in [1.165, 1.54) is 37.3 Å². The number of carbonyl (C=O) groups excluding carboxylic acids is 1. The third-order valence-electron chi connectivity index (χ3n) is 2.93. The van der Waals surface area contributed by atoms with Gasteiger partial charge in [0.05, 0.1) is 15.6 Å². The molecule has 0 aromatic heterocycles. The first kappa shape index (κ1) is 16.7. The molecule has 0 radical (unpaired) electrons. The van der Waals surface area contributed by atoms with Gasteiger partial charge in [0.25, 0.3) is 11.6 Å². The van der Waals surface area contributed by atoms with Crippen LogP contribution in [0, 0.1) is 15.9 Å². The highest BCUT2D eigenvalue weighted by molar-refractivity contribution is 6.32. The summed E-state index contributed by atoms with van der Waals surface area (Å²) in [6, 6.07) is 9.35. The molecule has 0 saturated heterocycles. The molecule has 23 heavy (non-hydrogen) atoms. The third-order valence-corrected chi connectivity index (χ3v) is 3.23. The van der Waals surface area contributed by atoms with Crippen LogP contribution in [0.25, 0.3) is 0 Å². The van der Waals surface area contributed by atoms with Crippen molar-refractivity contribution in [1.29, 1.82) is 0 Å². The number of rotatable bonds is 5. The predicted octanol–water partition coefficient (Wildman–Crippen LogP) is 3.79. The zero-order valence-electron chi connectivity index (χ0n) is 12.0. The van der Waals surface area contributed by atoms with Gasteiger partial charge in [-0.1, -0.05) is 23.7 Å². The van der Waals surface area contributed by atoms with Gasteiger partial charge in [0.2, 0.25) is 0 Å². The maximum absolute atomic E-state index is 13.5. The molecule has 0 bridgehead atoms. The number of nitro groups is 1. The molecule has 0 aliphatic heterocycles. The second-order valence-electron chi connectivity index (χ2n) is 4.60. The number of non-ortho nitro benzene ring substituents is 1. The molecule has 1 amide bonds. The fourth-order valence-corrected chi connectivity index (χ4v) is 1.96. The highest BCUT2D eigenvalue weighted by Crippen LogP contribution is 2.29. The topological polar surface area (TPSA) is 81.5 Å². The number of anilines is 1. The molecule has 1 unspecified atom stereocenters. The predicted molar refractivity (Wildman–Crippen MR) is 83.2 cm³/mol. The molecule has 1 N–H and O–H groups in total. The number of amides is 1. The minimum Gasteiger partial charge on any atom is -0.479 e. The van der Waals surface area contributed by atoms with Crippen LogP contribution in [-0.2, 0) is 4.79 Å². The van der Waals surface area contributed by atoms with Gasteiger partial charge in [-0.3, -0.25) is 14.9 Å². The number of nitrogens with one attached hydrogen (secondary N) is 1. The summed E-state index contributed by atoms with van der Waals surface area (Å²) in [5.41, 5.74) is -0.159. The summed E-state index contributed by atoms with van der Waals surface area (Å²) in [7, 11) is 0. The van der Waals surface area contributed by atoms with Gasteiger partial charge in [0.1, 0.15) is 11.6 Å². The lowest BCUT2D eigenvalue weighted by Crippen LogP contribution is -2.30. The van der Waals surface area contributed by atoms with Crippen molar-refractivity contribution in [3.8, 4) is 5.75 Å². The van der Waals surface area contributed by atoms with E-state index in [2.05, 4.69) is 5.32 Å². The molecule has 6 nitrogen and oxygen atoms in total. The fourth-order valence-electron chi connectivity index (χ4n) is 1.74. The SMILES string of the molecule is CC(Oc1ccc([N+](=O)[O-])cc1Cl)C(=O)Nc1ccccc1F. The number of hydrogen-bond acceptors (Lipinski definition) is 4. The maximum Gasteiger partial charge on any atom is 0.271 e. The first-order valence-electron chi connectivity index (χ1n) is 6.54. The zero-order valence-corrected chi connectivity index (χ0v) is 12.7. The number of nitrogens with zero attached hydrogens (tertiary/aromatic N) is 1. The first-order chi connectivity index (χ1) is 10.9. The Kier molecular flexibility index (Phi) is 5.13. The number of benzene rings is 2. The normalized spacial score (nSPS) is 11.6. The molecule has 0 aliphatic carbocycles. The smallest absolute Gasteiger partial charge is 0.271 e. The van der Waals surface area contributed by atoms with Crippen molar-refractivity contribution >= 4 is 28.9 Å². The van der Waals surface area contributed by atoms with Crippen molar-refractivity contribution in [2.75, 3.05) is 5.32 Å². The van der Waals surface area contributed by atoms with Crippen molar-refractivity contribution in [3.63, 3.8) is 0 Å². The molecule has 0 spiro atoms. The van der Waals surface area contributed by atoms with Crippen LogP contribution >= 0.6 is 11.6 Å². The summed E-state index contributed by atoms with van der Waals surface area (Å²) >= 11 is 5.89. The molecular weight excluding hydrogens is 327 g/mol. The summed E-state index contributed by atoms with van der Waals surface area (Å²) in [4.78, 5) is 22.0. The largest absolute Gasteiger partial charge is 0.479 e. The third kappa shape index (κ3) is 4.17. The summed E-state index contributed by atoms with van der Waals surface area (Å²) < 4.78 is 18.8. The van der Waals surface area contributed by atoms with Crippen LogP contribution in [0.3, 0.4) is 0 Å². The standard InChI is InChI=1S/C15H12ClFN2O4/c1-9(15(20)18-13-5-3-2-4-12(13)17)23-14-7-6-10(19(21)22)8-11(14)16/h2-9H,1H3,(H,18,20). The van der Waals surface area contributed by atoms with Crippen molar-refractivity contribution in [2.24, 2.45) is 0 Å². The molecule has 0 saturated carbocycles. The molecule has 2 aromatic carbocycles. The summed E-state index contributed by atoms with van der Waals surface area (Å²) in [5, 5.41) is 13.0. The van der Waals surface area contributed by atoms with E-state index < -0.39 is 22.8 Å². The number of carbonyl (C=O) groups is 1. The molecule has 2 aromatic rings. The average Bonchev–Trinajstić information content (AvgIpc) is 2.51. The van der Waals surface area contributed by atoms with Crippen LogP contribution in [0.5, 0.6) is 5.75 Å². The van der Waals surface area contributed by atoms with Crippen molar-refractivity contribution in [1.82, 2.24) is 0 Å². The van der Waals surface area contributed by atoms with Gasteiger partial charge in [-0.2, -0.15) is 0 Å². The zero-order chi connectivity index (χ0) is 17.0. The van der Waals surface area contributed by atoms with Crippen LogP contribution in [0.1, 0.15) is 6.92 Å². The van der Waals surface area contributed by atoms with Gasteiger partial charge in [-0.15, -0.1) is 0 Å². The van der Waals surface area contributed by atoms with Gasteiger partial charge >= 0.3 is 0 Å². The lowest BCUT2D eigenvalue weighted by Gasteiger charge is -2.15. The molecule has 0 aliphatic rings. The van der Waals surface area contributed by atoms with E-state index in [1.807, 2.05) is 0 Å². The summed E-state index contributed by atoms with van der Waals surface area (Å²) in [6.45, 7) is 1.45. The first-order valence-corrected chi connectivity index (χ1v) is 6.92. The Morgan fingerprint density at radius 2 is 2.04 bits per heavy atom. The molecule has 120 valence electrons. The lowest BCUT2D eigenvalue weighted by atomic mass is 10.2. The monoisotopic (exact) mass is 338 g/mol. The Labute approximate surface area is 136 Å². The maximum atomic E-state index is 13.5. The van der Waals surface area contributed by atoms with Crippen molar-refractivity contribution in [3.05, 3.63) is 63.4 Å². The molecule has 1 atom stereocenters. The minimum absolute atomic E-state index is 0.00439. The highest BCUT2D eigenvalue weighted by atomic mass is 35.5. The van der Waals surface area contributed by atoms with Crippen LogP contribution < -0.4 is 10.1 Å². The minimum atomic E-state index is -0.978. The number of hydrogen-bond donors (Lipinski definition) is 1. The van der Waals surface area contributed by atoms with Crippen molar-refractivity contribution < 1.29 is 18.8 Å². The Bertz CT molecular complexity index is 754. The molecule has 8 heteroatoms. The van der Waals surface area contributed by atoms with E-state index >= 15 is 0 Å². The van der Waals surface area contributed by atoms with E-state index in [-0.39, 0.29) is 22.1 Å². The van der Waals surface area contributed by atoms with Crippen LogP contribution in [0.15, 0.2) is 42.5 Å². The van der Waals surface area contributed by atoms with E-state index in [4.69, 9.17) is 16.3 Å². The number of ether oxygens (including phenoxy) is 1. The van der Waals surface area contributed by atoms with E-state index in [0.29, 0.717) is 0 Å². The number of nitro benzene ring substituents is 1.